The molecule has 0 saturated carbocycles. The van der Waals surface area contributed by atoms with E-state index in [0.29, 0.717) is 16.8 Å². The molecule has 0 bridgehead atoms. The van der Waals surface area contributed by atoms with Gasteiger partial charge in [0.25, 0.3) is 5.91 Å². The summed E-state index contributed by atoms with van der Waals surface area (Å²) < 4.78 is 14.7. The van der Waals surface area contributed by atoms with Crippen LogP contribution >= 0.6 is 0 Å². The molecule has 3 rings (SSSR count). The molecule has 6 nitrogen and oxygen atoms in total. The van der Waals surface area contributed by atoms with Crippen molar-refractivity contribution in [1.82, 2.24) is 4.57 Å². The maximum Gasteiger partial charge on any atom is 0.323 e. The Morgan fingerprint density at radius 3 is 2.55 bits per heavy atom. The summed E-state index contributed by atoms with van der Waals surface area (Å²) in [6, 6.07) is 12.8. The zero-order chi connectivity index (χ0) is 21.1. The second kappa shape index (κ2) is 7.98. The fourth-order valence-corrected chi connectivity index (χ4v) is 3.08. The van der Waals surface area contributed by atoms with Crippen LogP contribution in [-0.2, 0) is 16.1 Å². The molecule has 0 aliphatic rings. The molecule has 1 amide bonds. The SMILES string of the molecule is Cc1ccc2c(/C=C(\C#N)C(=O)N(C)c3ccc(F)cc3)cn(CC(=O)O)c2c1. The second-order valence-electron chi connectivity index (χ2n) is 6.64. The minimum Gasteiger partial charge on any atom is -0.480 e. The summed E-state index contributed by atoms with van der Waals surface area (Å²) in [5.41, 5.74) is 2.56. The zero-order valence-corrected chi connectivity index (χ0v) is 15.9. The molecular weight excluding hydrogens is 373 g/mol. The number of nitrogens with zero attached hydrogens (tertiary/aromatic N) is 3. The van der Waals surface area contributed by atoms with Crippen LogP contribution in [0.15, 0.2) is 54.2 Å². The number of aromatic nitrogens is 1. The highest BCUT2D eigenvalue weighted by Gasteiger charge is 2.18. The van der Waals surface area contributed by atoms with Crippen molar-refractivity contribution in [2.75, 3.05) is 11.9 Å². The van der Waals surface area contributed by atoms with Gasteiger partial charge in [-0.3, -0.25) is 9.59 Å². The molecule has 0 unspecified atom stereocenters. The number of carboxylic acid groups (broad SMARTS) is 1. The predicted molar refractivity (Wildman–Crippen MR) is 108 cm³/mol. The van der Waals surface area contributed by atoms with Gasteiger partial charge in [-0.15, -0.1) is 0 Å². The van der Waals surface area contributed by atoms with Crippen LogP contribution in [0.4, 0.5) is 10.1 Å². The largest absolute Gasteiger partial charge is 0.480 e. The van der Waals surface area contributed by atoms with E-state index in [4.69, 9.17) is 5.11 Å². The highest BCUT2D eigenvalue weighted by atomic mass is 19.1. The van der Waals surface area contributed by atoms with Gasteiger partial charge < -0.3 is 14.6 Å². The maximum atomic E-state index is 13.1. The third-order valence-corrected chi connectivity index (χ3v) is 4.54. The Kier molecular flexibility index (Phi) is 5.46. The zero-order valence-electron chi connectivity index (χ0n) is 15.9. The van der Waals surface area contributed by atoms with Gasteiger partial charge in [-0.05, 0) is 48.9 Å². The Bertz CT molecular complexity index is 1170. The number of halogens is 1. The van der Waals surface area contributed by atoms with E-state index in [2.05, 4.69) is 0 Å². The van der Waals surface area contributed by atoms with E-state index in [9.17, 15) is 19.2 Å². The van der Waals surface area contributed by atoms with Crippen LogP contribution in [0.5, 0.6) is 0 Å². The third-order valence-electron chi connectivity index (χ3n) is 4.54. The van der Waals surface area contributed by atoms with Crippen molar-refractivity contribution < 1.29 is 19.1 Å². The Labute approximate surface area is 166 Å². The molecule has 146 valence electrons. The molecule has 7 heteroatoms. The van der Waals surface area contributed by atoms with E-state index >= 15 is 0 Å². The van der Waals surface area contributed by atoms with Crippen molar-refractivity contribution in [3.63, 3.8) is 0 Å². The fourth-order valence-electron chi connectivity index (χ4n) is 3.08. The first-order valence-corrected chi connectivity index (χ1v) is 8.77. The Morgan fingerprint density at radius 1 is 1.24 bits per heavy atom. The number of carbonyl (C=O) groups is 2. The van der Waals surface area contributed by atoms with Crippen LogP contribution in [0, 0.1) is 24.1 Å². The molecular formula is C22H18FN3O3. The molecule has 0 aliphatic heterocycles. The number of amides is 1. The molecule has 0 aliphatic carbocycles. The van der Waals surface area contributed by atoms with Crippen LogP contribution in [0.3, 0.4) is 0 Å². The lowest BCUT2D eigenvalue weighted by atomic mass is 10.1. The monoisotopic (exact) mass is 391 g/mol. The summed E-state index contributed by atoms with van der Waals surface area (Å²) in [7, 11) is 1.50. The molecule has 0 spiro atoms. The van der Waals surface area contributed by atoms with Gasteiger partial charge in [0.15, 0.2) is 0 Å². The third kappa shape index (κ3) is 4.17. The van der Waals surface area contributed by atoms with Crippen LogP contribution in [0.2, 0.25) is 0 Å². The van der Waals surface area contributed by atoms with Gasteiger partial charge in [0, 0.05) is 35.4 Å². The van der Waals surface area contributed by atoms with E-state index in [0.717, 1.165) is 10.9 Å². The van der Waals surface area contributed by atoms with Crippen LogP contribution in [-0.4, -0.2) is 28.6 Å². The Hall–Kier alpha value is -3.92. The Balaban J connectivity index is 2.03. The summed E-state index contributed by atoms with van der Waals surface area (Å²) >= 11 is 0. The number of aryl methyl sites for hydroxylation is 1. The number of aliphatic carboxylic acids is 1. The number of carbonyl (C=O) groups excluding carboxylic acids is 1. The number of benzene rings is 2. The lowest BCUT2D eigenvalue weighted by molar-refractivity contribution is -0.137. The van der Waals surface area contributed by atoms with Gasteiger partial charge in [-0.25, -0.2) is 4.39 Å². The molecule has 1 heterocycles. The van der Waals surface area contributed by atoms with Gasteiger partial charge in [0.1, 0.15) is 24.0 Å². The van der Waals surface area contributed by atoms with Gasteiger partial charge in [0.2, 0.25) is 0 Å². The van der Waals surface area contributed by atoms with E-state index < -0.39 is 17.7 Å². The topological polar surface area (TPSA) is 86.3 Å². The number of fused-ring (bicyclic) bond motifs is 1. The minimum atomic E-state index is -0.994. The van der Waals surface area contributed by atoms with Gasteiger partial charge >= 0.3 is 5.97 Å². The van der Waals surface area contributed by atoms with Crippen LogP contribution < -0.4 is 4.90 Å². The molecule has 1 N–H and O–H groups in total. The first-order valence-electron chi connectivity index (χ1n) is 8.77. The van der Waals surface area contributed by atoms with E-state index in [1.54, 1.807) is 10.8 Å². The van der Waals surface area contributed by atoms with Crippen molar-refractivity contribution in [3.05, 3.63) is 71.2 Å². The summed E-state index contributed by atoms with van der Waals surface area (Å²) in [5, 5.41) is 19.4. The van der Waals surface area contributed by atoms with Crippen LogP contribution in [0.25, 0.3) is 17.0 Å². The summed E-state index contributed by atoms with van der Waals surface area (Å²) in [6.45, 7) is 1.66. The minimum absolute atomic E-state index is 0.119. The fraction of sp³-hybridized carbons (Fsp3) is 0.136. The Morgan fingerprint density at radius 2 is 1.93 bits per heavy atom. The summed E-state index contributed by atoms with van der Waals surface area (Å²) in [5.74, 6) is -1.97. The second-order valence-corrected chi connectivity index (χ2v) is 6.64. The first-order chi connectivity index (χ1) is 13.8. The van der Waals surface area contributed by atoms with Crippen molar-refractivity contribution in [2.45, 2.75) is 13.5 Å². The van der Waals surface area contributed by atoms with Crippen molar-refractivity contribution in [1.29, 1.82) is 5.26 Å². The van der Waals surface area contributed by atoms with E-state index in [-0.39, 0.29) is 12.1 Å². The normalized spacial score (nSPS) is 11.3. The smallest absolute Gasteiger partial charge is 0.323 e. The number of nitriles is 1. The van der Waals surface area contributed by atoms with Crippen molar-refractivity contribution >= 4 is 34.5 Å². The first kappa shape index (κ1) is 19.8. The number of rotatable bonds is 5. The maximum absolute atomic E-state index is 13.1. The molecule has 29 heavy (non-hydrogen) atoms. The van der Waals surface area contributed by atoms with Crippen molar-refractivity contribution in [3.8, 4) is 6.07 Å². The quantitative estimate of drug-likeness (QED) is 0.530. The van der Waals surface area contributed by atoms with Crippen molar-refractivity contribution in [2.24, 2.45) is 0 Å². The van der Waals surface area contributed by atoms with Gasteiger partial charge in [-0.1, -0.05) is 12.1 Å². The molecule has 2 aromatic carbocycles. The van der Waals surface area contributed by atoms with Gasteiger partial charge in [-0.2, -0.15) is 5.26 Å². The molecule has 0 saturated heterocycles. The standard InChI is InChI=1S/C22H18FN3O3/c1-14-3-8-19-16(12-26(13-21(27)28)20(19)9-14)10-15(11-24)22(29)25(2)18-6-4-17(23)5-7-18/h3-10,12H,13H2,1-2H3,(H,27,28)/b15-10+. The number of anilines is 1. The lowest BCUT2D eigenvalue weighted by Crippen LogP contribution is -2.27. The van der Waals surface area contributed by atoms with E-state index in [1.807, 2.05) is 31.2 Å². The number of hydrogen-bond acceptors (Lipinski definition) is 3. The molecule has 3 aromatic rings. The number of hydrogen-bond donors (Lipinski definition) is 1. The summed E-state index contributed by atoms with van der Waals surface area (Å²) in [6.07, 6.45) is 3.05. The molecule has 0 radical (unpaired) electrons. The number of likely N-dealkylation sites (N-methyl/N-ethyl adjacent to an activating group) is 1. The van der Waals surface area contributed by atoms with Crippen LogP contribution in [0.1, 0.15) is 11.1 Å². The summed E-state index contributed by atoms with van der Waals surface area (Å²) in [4.78, 5) is 25.2. The number of carboxylic acids is 1. The van der Waals surface area contributed by atoms with Gasteiger partial charge in [0.05, 0.1) is 0 Å². The molecule has 0 fully saturated rings. The lowest BCUT2D eigenvalue weighted by Gasteiger charge is -2.16. The predicted octanol–water partition coefficient (Wildman–Crippen LogP) is 3.74. The average Bonchev–Trinajstić information content (AvgIpc) is 3.01. The average molecular weight is 391 g/mol. The highest BCUT2D eigenvalue weighted by Crippen LogP contribution is 2.26. The molecule has 0 atom stereocenters. The highest BCUT2D eigenvalue weighted by molar-refractivity contribution is 6.11. The van der Waals surface area contributed by atoms with E-state index in [1.165, 1.54) is 42.3 Å². The molecule has 1 aromatic heterocycles.